The molecule has 182 valence electrons. The fourth-order valence-corrected chi connectivity index (χ4v) is 4.12. The minimum absolute atomic E-state index is 0.0838. The van der Waals surface area contributed by atoms with E-state index >= 15 is 0 Å². The Morgan fingerprint density at radius 3 is 2.50 bits per heavy atom. The number of likely N-dealkylation sites (tertiary alicyclic amines) is 1. The highest BCUT2D eigenvalue weighted by atomic mass is 19.4. The predicted octanol–water partition coefficient (Wildman–Crippen LogP) is 2.87. The van der Waals surface area contributed by atoms with Gasteiger partial charge in [-0.1, -0.05) is 5.16 Å². The van der Waals surface area contributed by atoms with Crippen molar-refractivity contribution in [2.45, 2.75) is 52.6 Å². The molecule has 2 amide bonds. The molecule has 0 aliphatic carbocycles. The number of aryl methyl sites for hydroxylation is 3. The smallest absolute Gasteiger partial charge is 0.360 e. The highest BCUT2D eigenvalue weighted by molar-refractivity contribution is 5.91. The molecule has 0 unspecified atom stereocenters. The number of fused-ring (bicyclic) bond motifs is 1. The van der Waals surface area contributed by atoms with Crippen molar-refractivity contribution < 1.29 is 27.3 Å². The third-order valence-electron chi connectivity index (χ3n) is 5.99. The van der Waals surface area contributed by atoms with Crippen LogP contribution in [-0.2, 0) is 22.2 Å². The molecular formula is C21H24F3N7O3. The first-order valence-electron chi connectivity index (χ1n) is 10.8. The van der Waals surface area contributed by atoms with Crippen LogP contribution in [0.2, 0.25) is 0 Å². The van der Waals surface area contributed by atoms with Gasteiger partial charge in [-0.05, 0) is 45.6 Å². The van der Waals surface area contributed by atoms with E-state index in [2.05, 4.69) is 25.5 Å². The van der Waals surface area contributed by atoms with Gasteiger partial charge < -0.3 is 14.7 Å². The Hall–Kier alpha value is -3.51. The Balaban J connectivity index is 1.34. The molecule has 1 saturated heterocycles. The van der Waals surface area contributed by atoms with Crippen LogP contribution in [0.3, 0.4) is 0 Å². The maximum Gasteiger partial charge on any atom is 0.453 e. The molecule has 1 fully saturated rings. The van der Waals surface area contributed by atoms with Gasteiger partial charge in [0.2, 0.25) is 11.8 Å². The van der Waals surface area contributed by atoms with E-state index in [9.17, 15) is 22.8 Å². The van der Waals surface area contributed by atoms with Gasteiger partial charge in [-0.2, -0.15) is 18.2 Å². The molecule has 0 atom stereocenters. The van der Waals surface area contributed by atoms with Crippen LogP contribution >= 0.6 is 0 Å². The standard InChI is InChI=1S/C21H24F3N7O3/c1-11-10-16(29-34-11)26-18(33)14-6-8-30(9-7-14)17(32)5-4-15-12(2)25-20-27-19(21(22,23)24)28-31(20)13(15)3/h10,14H,4-9H2,1-3H3,(H,26,29,33). The minimum Gasteiger partial charge on any atom is -0.360 e. The Morgan fingerprint density at radius 1 is 1.18 bits per heavy atom. The number of rotatable bonds is 5. The van der Waals surface area contributed by atoms with E-state index in [1.165, 1.54) is 0 Å². The van der Waals surface area contributed by atoms with Crippen molar-refractivity contribution in [3.05, 3.63) is 34.6 Å². The van der Waals surface area contributed by atoms with Gasteiger partial charge in [-0.15, -0.1) is 5.10 Å². The molecular weight excluding hydrogens is 455 g/mol. The van der Waals surface area contributed by atoms with Gasteiger partial charge in [0.15, 0.2) is 5.82 Å². The number of halogens is 3. The van der Waals surface area contributed by atoms with Crippen LogP contribution in [0.4, 0.5) is 19.0 Å². The number of alkyl halides is 3. The van der Waals surface area contributed by atoms with Gasteiger partial charge >= 0.3 is 6.18 Å². The highest BCUT2D eigenvalue weighted by Crippen LogP contribution is 2.27. The van der Waals surface area contributed by atoms with Crippen LogP contribution in [0, 0.1) is 26.7 Å². The summed E-state index contributed by atoms with van der Waals surface area (Å²) >= 11 is 0. The van der Waals surface area contributed by atoms with Crippen LogP contribution < -0.4 is 5.32 Å². The summed E-state index contributed by atoms with van der Waals surface area (Å²) in [6, 6.07) is 1.63. The number of nitrogens with zero attached hydrogens (tertiary/aromatic N) is 6. The molecule has 3 aromatic heterocycles. The van der Waals surface area contributed by atoms with E-state index in [-0.39, 0.29) is 29.9 Å². The lowest BCUT2D eigenvalue weighted by molar-refractivity contribution is -0.144. The third-order valence-corrected chi connectivity index (χ3v) is 5.99. The number of carbonyl (C=O) groups excluding carboxylic acids is 2. The predicted molar refractivity (Wildman–Crippen MR) is 113 cm³/mol. The monoisotopic (exact) mass is 479 g/mol. The molecule has 0 spiro atoms. The summed E-state index contributed by atoms with van der Waals surface area (Å²) in [6.45, 7) is 5.94. The molecule has 13 heteroatoms. The molecule has 34 heavy (non-hydrogen) atoms. The molecule has 1 aliphatic heterocycles. The Bertz CT molecular complexity index is 1230. The highest BCUT2D eigenvalue weighted by Gasteiger charge is 2.37. The minimum atomic E-state index is -4.67. The Morgan fingerprint density at radius 2 is 1.88 bits per heavy atom. The van der Waals surface area contributed by atoms with E-state index < -0.39 is 12.0 Å². The number of aromatic nitrogens is 5. The average molecular weight is 479 g/mol. The average Bonchev–Trinajstić information content (AvgIpc) is 3.39. The second kappa shape index (κ2) is 9.03. The number of hydrogen-bond donors (Lipinski definition) is 1. The van der Waals surface area contributed by atoms with Gasteiger partial charge in [0.1, 0.15) is 5.76 Å². The topological polar surface area (TPSA) is 119 Å². The normalized spacial score (nSPS) is 15.2. The molecule has 3 aromatic rings. The lowest BCUT2D eigenvalue weighted by atomic mass is 9.95. The quantitative estimate of drug-likeness (QED) is 0.598. The van der Waals surface area contributed by atoms with Crippen molar-refractivity contribution in [1.82, 2.24) is 29.6 Å². The molecule has 1 aliphatic rings. The van der Waals surface area contributed by atoms with Crippen LogP contribution in [0.15, 0.2) is 10.6 Å². The van der Waals surface area contributed by atoms with Gasteiger partial charge in [-0.3, -0.25) is 9.59 Å². The summed E-state index contributed by atoms with van der Waals surface area (Å²) < 4.78 is 44.9. The number of piperidine rings is 1. The number of hydrogen-bond acceptors (Lipinski definition) is 7. The van der Waals surface area contributed by atoms with Crippen molar-refractivity contribution in [1.29, 1.82) is 0 Å². The lowest BCUT2D eigenvalue weighted by Gasteiger charge is -2.31. The summed E-state index contributed by atoms with van der Waals surface area (Å²) in [4.78, 5) is 34.5. The number of anilines is 1. The second-order valence-electron chi connectivity index (χ2n) is 8.37. The number of amides is 2. The SMILES string of the molecule is Cc1cc(NC(=O)C2CCN(C(=O)CCc3c(C)nc4nc(C(F)(F)F)nn4c3C)CC2)no1. The van der Waals surface area contributed by atoms with E-state index in [4.69, 9.17) is 4.52 Å². The van der Waals surface area contributed by atoms with E-state index in [1.54, 1.807) is 31.7 Å². The van der Waals surface area contributed by atoms with Crippen molar-refractivity contribution in [2.75, 3.05) is 18.4 Å². The largest absolute Gasteiger partial charge is 0.453 e. The van der Waals surface area contributed by atoms with Crippen molar-refractivity contribution in [2.24, 2.45) is 5.92 Å². The van der Waals surface area contributed by atoms with Crippen LogP contribution in [-0.4, -0.2) is 54.5 Å². The molecule has 0 bridgehead atoms. The van der Waals surface area contributed by atoms with Crippen LogP contribution in [0.5, 0.6) is 0 Å². The zero-order valence-corrected chi connectivity index (χ0v) is 18.9. The van der Waals surface area contributed by atoms with Crippen molar-refractivity contribution in [3.63, 3.8) is 0 Å². The molecule has 4 heterocycles. The first-order chi connectivity index (χ1) is 16.0. The Kier molecular flexibility index (Phi) is 6.28. The molecule has 10 nitrogen and oxygen atoms in total. The first-order valence-corrected chi connectivity index (χ1v) is 10.8. The number of carbonyl (C=O) groups is 2. The first kappa shape index (κ1) is 23.6. The summed E-state index contributed by atoms with van der Waals surface area (Å²) in [7, 11) is 0. The maximum atomic E-state index is 13.0. The van der Waals surface area contributed by atoms with E-state index in [0.29, 0.717) is 60.9 Å². The zero-order chi connectivity index (χ0) is 24.6. The van der Waals surface area contributed by atoms with Crippen molar-refractivity contribution in [3.8, 4) is 0 Å². The van der Waals surface area contributed by atoms with Crippen molar-refractivity contribution >= 4 is 23.4 Å². The number of nitrogens with one attached hydrogen (secondary N) is 1. The summed E-state index contributed by atoms with van der Waals surface area (Å²) in [5.74, 6) is -0.879. The fourth-order valence-electron chi connectivity index (χ4n) is 4.12. The van der Waals surface area contributed by atoms with Gasteiger partial charge in [0, 0.05) is 42.9 Å². The molecule has 0 radical (unpaired) electrons. The molecule has 0 saturated carbocycles. The molecule has 4 rings (SSSR count). The Labute approximate surface area is 192 Å². The maximum absolute atomic E-state index is 13.0. The molecule has 0 aromatic carbocycles. The van der Waals surface area contributed by atoms with Gasteiger partial charge in [0.25, 0.3) is 11.6 Å². The van der Waals surface area contributed by atoms with E-state index in [1.807, 2.05) is 0 Å². The third kappa shape index (κ3) is 4.87. The lowest BCUT2D eigenvalue weighted by Crippen LogP contribution is -2.41. The van der Waals surface area contributed by atoms with Gasteiger partial charge in [-0.25, -0.2) is 9.50 Å². The zero-order valence-electron chi connectivity index (χ0n) is 18.9. The summed E-state index contributed by atoms with van der Waals surface area (Å²) in [6.07, 6.45) is -3.13. The molecule has 1 N–H and O–H groups in total. The summed E-state index contributed by atoms with van der Waals surface area (Å²) in [5.41, 5.74) is 1.64. The summed E-state index contributed by atoms with van der Waals surface area (Å²) in [5, 5.41) is 10.0. The van der Waals surface area contributed by atoms with Gasteiger partial charge in [0.05, 0.1) is 0 Å². The van der Waals surface area contributed by atoms with Crippen LogP contribution in [0.1, 0.15) is 47.8 Å². The second-order valence-corrected chi connectivity index (χ2v) is 8.37. The van der Waals surface area contributed by atoms with E-state index in [0.717, 1.165) is 4.52 Å². The fraction of sp³-hybridized carbons (Fsp3) is 0.524. The van der Waals surface area contributed by atoms with Crippen LogP contribution in [0.25, 0.3) is 5.78 Å².